The highest BCUT2D eigenvalue weighted by Gasteiger charge is 2.61. The van der Waals surface area contributed by atoms with Crippen molar-refractivity contribution in [2.45, 2.75) is 56.5 Å². The van der Waals surface area contributed by atoms with Gasteiger partial charge in [0.15, 0.2) is 5.78 Å². The van der Waals surface area contributed by atoms with E-state index in [2.05, 4.69) is 13.0 Å². The number of carbonyl (C=O) groups excluding carboxylic acids is 1. The molecule has 4 rings (SSSR count). The van der Waals surface area contributed by atoms with Crippen LogP contribution in [0.25, 0.3) is 0 Å². The van der Waals surface area contributed by atoms with Crippen LogP contribution in [-0.4, -0.2) is 23.1 Å². The van der Waals surface area contributed by atoms with Gasteiger partial charge in [-0.15, -0.1) is 0 Å². The van der Waals surface area contributed by atoms with Crippen LogP contribution in [0.15, 0.2) is 114 Å². The van der Waals surface area contributed by atoms with E-state index in [4.69, 9.17) is 4.74 Å². The van der Waals surface area contributed by atoms with Crippen molar-refractivity contribution in [2.24, 2.45) is 0 Å². The molecule has 4 heteroatoms. The zero-order valence-corrected chi connectivity index (χ0v) is 22.0. The van der Waals surface area contributed by atoms with Gasteiger partial charge in [-0.25, -0.2) is 0 Å². The minimum atomic E-state index is -2.23. The predicted octanol–water partition coefficient (Wildman–Crippen LogP) is 7.31. The Morgan fingerprint density at radius 2 is 1.32 bits per heavy atom. The number of ether oxygens (including phenoxy) is 1. The van der Waals surface area contributed by atoms with Gasteiger partial charge in [0.2, 0.25) is 5.60 Å². The summed E-state index contributed by atoms with van der Waals surface area (Å²) in [5, 5.41) is 23.2. The molecule has 0 saturated heterocycles. The molecule has 1 unspecified atom stereocenters. The van der Waals surface area contributed by atoms with E-state index in [1.54, 1.807) is 36.4 Å². The average Bonchev–Trinajstić information content (AvgIpc) is 2.98. The van der Waals surface area contributed by atoms with Crippen LogP contribution >= 0.6 is 0 Å². The smallest absolute Gasteiger partial charge is 0.201 e. The zero-order chi connectivity index (χ0) is 26.8. The molecule has 1 aliphatic rings. The highest BCUT2D eigenvalue weighted by atomic mass is 16.5. The molecule has 0 heterocycles. The first-order valence-corrected chi connectivity index (χ1v) is 13.5. The molecule has 0 amide bonds. The number of hydrogen-bond donors (Lipinski definition) is 1. The first kappa shape index (κ1) is 27.1. The van der Waals surface area contributed by atoms with Crippen molar-refractivity contribution in [2.75, 3.05) is 6.61 Å². The lowest BCUT2D eigenvalue weighted by Crippen LogP contribution is -2.57. The number of nitrogens with zero attached hydrogens (tertiary/aromatic N) is 1. The molecular formula is C34H35NO3. The normalized spacial score (nSPS) is 18.1. The second-order valence-corrected chi connectivity index (χ2v) is 9.73. The highest BCUT2D eigenvalue weighted by molar-refractivity contribution is 6.11. The lowest BCUT2D eigenvalue weighted by molar-refractivity contribution is 0.0365. The van der Waals surface area contributed by atoms with E-state index in [-0.39, 0.29) is 5.57 Å². The second kappa shape index (κ2) is 12.5. The molecule has 0 fully saturated rings. The topological polar surface area (TPSA) is 70.3 Å². The Morgan fingerprint density at radius 3 is 1.87 bits per heavy atom. The van der Waals surface area contributed by atoms with Gasteiger partial charge in [-0.2, -0.15) is 5.26 Å². The van der Waals surface area contributed by atoms with Crippen LogP contribution in [-0.2, 0) is 10.2 Å². The zero-order valence-electron chi connectivity index (χ0n) is 22.0. The van der Waals surface area contributed by atoms with E-state index in [0.717, 1.165) is 19.3 Å². The van der Waals surface area contributed by atoms with Crippen molar-refractivity contribution in [3.05, 3.63) is 131 Å². The van der Waals surface area contributed by atoms with Gasteiger partial charge in [-0.1, -0.05) is 130 Å². The first-order chi connectivity index (χ1) is 18.6. The van der Waals surface area contributed by atoms with Crippen molar-refractivity contribution in [3.8, 4) is 6.07 Å². The van der Waals surface area contributed by atoms with Gasteiger partial charge in [0.1, 0.15) is 17.2 Å². The number of allylic oxidation sites excluding steroid dienone is 2. The summed E-state index contributed by atoms with van der Waals surface area (Å²) in [5.74, 6) is 0.0641. The van der Waals surface area contributed by atoms with E-state index < -0.39 is 16.8 Å². The lowest BCUT2D eigenvalue weighted by Gasteiger charge is -2.47. The summed E-state index contributed by atoms with van der Waals surface area (Å²) in [6.07, 6.45) is 10.0. The molecule has 0 radical (unpaired) electrons. The Bertz CT molecular complexity index is 1270. The van der Waals surface area contributed by atoms with Crippen molar-refractivity contribution in [1.29, 1.82) is 5.26 Å². The maximum atomic E-state index is 13.8. The molecule has 1 aliphatic carbocycles. The fourth-order valence-electron chi connectivity index (χ4n) is 5.38. The van der Waals surface area contributed by atoms with E-state index in [1.807, 2.05) is 66.7 Å². The number of Topliss-reactive ketones (excluding diaryl/α,β-unsaturated/α-hetero) is 1. The molecule has 0 saturated carbocycles. The Balaban J connectivity index is 1.85. The predicted molar refractivity (Wildman–Crippen MR) is 150 cm³/mol. The summed E-state index contributed by atoms with van der Waals surface area (Å²) >= 11 is 0. The summed E-state index contributed by atoms with van der Waals surface area (Å²) in [7, 11) is 0. The minimum absolute atomic E-state index is 0.0193. The van der Waals surface area contributed by atoms with Gasteiger partial charge < -0.3 is 9.84 Å². The van der Waals surface area contributed by atoms with Crippen LogP contribution < -0.4 is 0 Å². The monoisotopic (exact) mass is 505 g/mol. The number of hydrogen-bond acceptors (Lipinski definition) is 4. The molecule has 0 bridgehead atoms. The van der Waals surface area contributed by atoms with Gasteiger partial charge in [0, 0.05) is 11.1 Å². The van der Waals surface area contributed by atoms with E-state index in [0.29, 0.717) is 29.1 Å². The van der Waals surface area contributed by atoms with Crippen molar-refractivity contribution >= 4 is 5.78 Å². The third-order valence-electron chi connectivity index (χ3n) is 7.31. The van der Waals surface area contributed by atoms with Crippen LogP contribution in [0.1, 0.15) is 66.9 Å². The Hall–Kier alpha value is -3.94. The molecule has 3 aromatic carbocycles. The van der Waals surface area contributed by atoms with Crippen LogP contribution in [0, 0.1) is 11.3 Å². The number of nitriles is 1. The fourth-order valence-corrected chi connectivity index (χ4v) is 5.38. The van der Waals surface area contributed by atoms with E-state index in [9.17, 15) is 15.2 Å². The molecule has 194 valence electrons. The largest absolute Gasteiger partial charge is 0.496 e. The van der Waals surface area contributed by atoms with Gasteiger partial charge in [0.25, 0.3) is 0 Å². The molecular weight excluding hydrogens is 470 g/mol. The highest BCUT2D eigenvalue weighted by Crippen LogP contribution is 2.53. The molecule has 1 atom stereocenters. The Morgan fingerprint density at radius 1 is 0.789 bits per heavy atom. The number of ketones is 1. The third kappa shape index (κ3) is 5.08. The first-order valence-electron chi connectivity index (χ1n) is 13.5. The van der Waals surface area contributed by atoms with E-state index in [1.165, 1.54) is 19.3 Å². The maximum Gasteiger partial charge on any atom is 0.201 e. The third-order valence-corrected chi connectivity index (χ3v) is 7.31. The van der Waals surface area contributed by atoms with Gasteiger partial charge in [-0.3, -0.25) is 4.79 Å². The Kier molecular flexibility index (Phi) is 8.94. The fraction of sp³-hybridized carbons (Fsp3) is 0.294. The van der Waals surface area contributed by atoms with Crippen molar-refractivity contribution in [3.63, 3.8) is 0 Å². The average molecular weight is 506 g/mol. The van der Waals surface area contributed by atoms with Gasteiger partial charge in [-0.05, 0) is 29.7 Å². The summed E-state index contributed by atoms with van der Waals surface area (Å²) in [5.41, 5.74) is -1.89. The number of benzene rings is 3. The summed E-state index contributed by atoms with van der Waals surface area (Å²) in [4.78, 5) is 13.8. The summed E-state index contributed by atoms with van der Waals surface area (Å²) in [6, 6.07) is 29.7. The van der Waals surface area contributed by atoms with Crippen molar-refractivity contribution in [1.82, 2.24) is 0 Å². The maximum absolute atomic E-state index is 13.8. The van der Waals surface area contributed by atoms with Crippen LogP contribution in [0.4, 0.5) is 0 Å². The number of unbranched alkanes of at least 4 members (excludes halogenated alkanes) is 5. The lowest BCUT2D eigenvalue weighted by atomic mass is 9.57. The number of rotatable bonds is 12. The molecule has 0 aromatic heterocycles. The van der Waals surface area contributed by atoms with E-state index >= 15 is 0 Å². The molecule has 4 nitrogen and oxygen atoms in total. The SMILES string of the molecule is CCCCCCCCOC1=CC=C(C(=O)c2ccccc2)C(O)(C#N)C1(c1ccccc1)c1ccccc1. The Labute approximate surface area is 225 Å². The number of aliphatic hydroxyl groups is 1. The molecule has 3 aromatic rings. The second-order valence-electron chi connectivity index (χ2n) is 9.73. The minimum Gasteiger partial charge on any atom is -0.496 e. The molecule has 0 spiro atoms. The molecule has 1 N–H and O–H groups in total. The summed E-state index contributed by atoms with van der Waals surface area (Å²) in [6.45, 7) is 2.66. The van der Waals surface area contributed by atoms with Crippen LogP contribution in [0.3, 0.4) is 0 Å². The number of carbonyl (C=O) groups is 1. The standard InChI is InChI=1S/C34H35NO3/c1-2-3-4-5-6-16-25-38-31-24-23-30(32(36)27-17-10-7-11-18-27)33(37,26-35)34(31,28-19-12-8-13-20-28)29-21-14-9-15-22-29/h7-15,17-24,37H,2-6,16,25H2,1H3. The molecule has 38 heavy (non-hydrogen) atoms. The van der Waals surface area contributed by atoms with Crippen LogP contribution in [0.5, 0.6) is 0 Å². The molecule has 0 aliphatic heterocycles. The van der Waals surface area contributed by atoms with Crippen LogP contribution in [0.2, 0.25) is 0 Å². The van der Waals surface area contributed by atoms with Gasteiger partial charge in [0.05, 0.1) is 6.61 Å². The summed E-state index contributed by atoms with van der Waals surface area (Å²) < 4.78 is 6.44. The quantitative estimate of drug-likeness (QED) is 0.159. The van der Waals surface area contributed by atoms with Crippen molar-refractivity contribution < 1.29 is 14.6 Å². The van der Waals surface area contributed by atoms with Gasteiger partial charge >= 0.3 is 0 Å².